The summed E-state index contributed by atoms with van der Waals surface area (Å²) >= 11 is 0. The van der Waals surface area contributed by atoms with Gasteiger partial charge >= 0.3 is 5.97 Å². The molecule has 27 heavy (non-hydrogen) atoms. The van der Waals surface area contributed by atoms with Crippen LogP contribution in [0.15, 0.2) is 6.07 Å². The van der Waals surface area contributed by atoms with Gasteiger partial charge in [-0.2, -0.15) is 0 Å². The van der Waals surface area contributed by atoms with Gasteiger partial charge in [-0.1, -0.05) is 54.5 Å². The first-order valence-corrected chi connectivity index (χ1v) is 9.66. The molecule has 0 aliphatic heterocycles. The van der Waals surface area contributed by atoms with Crippen LogP contribution in [0.5, 0.6) is 5.75 Å². The van der Waals surface area contributed by atoms with Crippen LogP contribution < -0.4 is 10.1 Å². The molecule has 1 aromatic rings. The molecule has 0 saturated heterocycles. The number of aliphatic carboxylic acids is 1. The standard InChI is InChI=1S/C18H27NO4.2C2H6/c1-10-8-11(2)15(23-7)12(3)14(10)16(20)19-13(17(21)22)9-18(4,5)6;2*1-2/h8,13H,9H2,1-7H3,(H,19,20)(H,21,22);2*1-2H3. The van der Waals surface area contributed by atoms with Crippen LogP contribution in [0.3, 0.4) is 0 Å². The van der Waals surface area contributed by atoms with Crippen molar-refractivity contribution in [2.45, 2.75) is 81.7 Å². The van der Waals surface area contributed by atoms with Crippen LogP contribution in [0.4, 0.5) is 0 Å². The van der Waals surface area contributed by atoms with E-state index < -0.39 is 12.0 Å². The van der Waals surface area contributed by atoms with Crippen molar-refractivity contribution in [3.8, 4) is 5.75 Å². The van der Waals surface area contributed by atoms with Crippen molar-refractivity contribution in [1.29, 1.82) is 0 Å². The largest absolute Gasteiger partial charge is 0.496 e. The number of carboxylic acids is 1. The average molecular weight is 382 g/mol. The van der Waals surface area contributed by atoms with Crippen LogP contribution in [-0.2, 0) is 4.79 Å². The van der Waals surface area contributed by atoms with Gasteiger partial charge in [-0.15, -0.1) is 0 Å². The Hall–Kier alpha value is -2.04. The lowest BCUT2D eigenvalue weighted by atomic mass is 9.88. The average Bonchev–Trinajstić information content (AvgIpc) is 2.56. The maximum Gasteiger partial charge on any atom is 0.326 e. The Kier molecular flexibility index (Phi) is 12.4. The number of ether oxygens (including phenoxy) is 1. The van der Waals surface area contributed by atoms with Crippen molar-refractivity contribution in [2.24, 2.45) is 5.41 Å². The third-order valence-electron chi connectivity index (χ3n) is 3.75. The topological polar surface area (TPSA) is 75.6 Å². The number of hydrogen-bond acceptors (Lipinski definition) is 3. The molecule has 0 aliphatic carbocycles. The number of aryl methyl sites for hydroxylation is 2. The van der Waals surface area contributed by atoms with Gasteiger partial charge in [0, 0.05) is 11.1 Å². The molecular formula is C22H39NO4. The van der Waals surface area contributed by atoms with Gasteiger partial charge in [0.2, 0.25) is 0 Å². The van der Waals surface area contributed by atoms with Gasteiger partial charge in [0.25, 0.3) is 5.91 Å². The highest BCUT2D eigenvalue weighted by molar-refractivity contribution is 5.99. The zero-order chi connectivity index (χ0) is 21.9. The smallest absolute Gasteiger partial charge is 0.326 e. The van der Waals surface area contributed by atoms with E-state index in [0.29, 0.717) is 17.7 Å². The molecular weight excluding hydrogens is 342 g/mol. The second-order valence-electron chi connectivity index (χ2n) is 7.17. The Morgan fingerprint density at radius 2 is 1.56 bits per heavy atom. The molecule has 5 heteroatoms. The molecule has 156 valence electrons. The minimum atomic E-state index is -1.03. The maximum absolute atomic E-state index is 12.6. The molecule has 1 atom stereocenters. The van der Waals surface area contributed by atoms with E-state index in [1.54, 1.807) is 7.11 Å². The number of carboxylic acid groups (broad SMARTS) is 1. The molecule has 5 nitrogen and oxygen atoms in total. The Morgan fingerprint density at radius 3 is 1.93 bits per heavy atom. The van der Waals surface area contributed by atoms with E-state index in [4.69, 9.17) is 4.74 Å². The summed E-state index contributed by atoms with van der Waals surface area (Å²) in [6.07, 6.45) is 0.356. The summed E-state index contributed by atoms with van der Waals surface area (Å²) in [6, 6.07) is 0.953. The van der Waals surface area contributed by atoms with Gasteiger partial charge in [-0.25, -0.2) is 4.79 Å². The zero-order valence-electron chi connectivity index (χ0n) is 19.0. The number of rotatable bonds is 5. The van der Waals surface area contributed by atoms with Gasteiger partial charge in [-0.05, 0) is 43.7 Å². The van der Waals surface area contributed by atoms with Crippen LogP contribution in [0.1, 0.15) is 81.9 Å². The van der Waals surface area contributed by atoms with Crippen LogP contribution in [0, 0.1) is 26.2 Å². The van der Waals surface area contributed by atoms with Crippen molar-refractivity contribution in [3.05, 3.63) is 28.3 Å². The number of carbonyl (C=O) groups excluding carboxylic acids is 1. The molecule has 0 spiro atoms. The molecule has 1 aromatic carbocycles. The van der Waals surface area contributed by atoms with Crippen LogP contribution in [0.2, 0.25) is 0 Å². The molecule has 2 N–H and O–H groups in total. The highest BCUT2D eigenvalue weighted by atomic mass is 16.5. The molecule has 0 saturated carbocycles. The van der Waals surface area contributed by atoms with Gasteiger partial charge in [0.05, 0.1) is 7.11 Å². The summed E-state index contributed by atoms with van der Waals surface area (Å²) in [5.41, 5.74) is 2.75. The molecule has 0 aromatic heterocycles. The van der Waals surface area contributed by atoms with E-state index in [-0.39, 0.29) is 11.3 Å². The third kappa shape index (κ3) is 8.46. The Morgan fingerprint density at radius 1 is 1.07 bits per heavy atom. The number of nitrogens with one attached hydrogen (secondary N) is 1. The number of amides is 1. The summed E-state index contributed by atoms with van der Waals surface area (Å²) < 4.78 is 5.36. The summed E-state index contributed by atoms with van der Waals surface area (Å²) in [7, 11) is 1.56. The van der Waals surface area contributed by atoms with E-state index in [1.807, 2.05) is 75.3 Å². The zero-order valence-corrected chi connectivity index (χ0v) is 19.0. The van der Waals surface area contributed by atoms with Gasteiger partial charge < -0.3 is 15.2 Å². The second-order valence-corrected chi connectivity index (χ2v) is 7.17. The predicted octanol–water partition coefficient (Wildman–Crippen LogP) is 5.29. The molecule has 1 unspecified atom stereocenters. The Labute approximate surface area is 165 Å². The Balaban J connectivity index is 0. The Bertz CT molecular complexity index is 616. The van der Waals surface area contributed by atoms with Gasteiger partial charge in [-0.3, -0.25) is 4.79 Å². The van der Waals surface area contributed by atoms with Crippen LogP contribution in [-0.4, -0.2) is 30.1 Å². The molecule has 1 amide bonds. The fourth-order valence-electron chi connectivity index (χ4n) is 2.87. The van der Waals surface area contributed by atoms with E-state index >= 15 is 0 Å². The summed E-state index contributed by atoms with van der Waals surface area (Å²) in [4.78, 5) is 24.1. The third-order valence-corrected chi connectivity index (χ3v) is 3.75. The first kappa shape index (κ1) is 27.2. The fraction of sp³-hybridized carbons (Fsp3) is 0.636. The van der Waals surface area contributed by atoms with Crippen molar-refractivity contribution in [2.75, 3.05) is 7.11 Å². The molecule has 0 radical (unpaired) electrons. The number of hydrogen-bond donors (Lipinski definition) is 2. The quantitative estimate of drug-likeness (QED) is 0.726. The van der Waals surface area contributed by atoms with Crippen molar-refractivity contribution in [1.82, 2.24) is 5.32 Å². The van der Waals surface area contributed by atoms with Gasteiger partial charge in [0.15, 0.2) is 0 Å². The molecule has 0 bridgehead atoms. The van der Waals surface area contributed by atoms with Crippen LogP contribution in [0.25, 0.3) is 0 Å². The SMILES string of the molecule is CC.CC.COc1c(C)cc(C)c(C(=O)NC(CC(C)(C)C)C(=O)O)c1C. The minimum Gasteiger partial charge on any atom is -0.496 e. The van der Waals surface area contributed by atoms with Crippen LogP contribution >= 0.6 is 0 Å². The summed E-state index contributed by atoms with van der Waals surface area (Å²) in [5, 5.41) is 12.0. The maximum atomic E-state index is 12.6. The van der Waals surface area contributed by atoms with E-state index in [0.717, 1.165) is 16.7 Å². The van der Waals surface area contributed by atoms with E-state index in [1.165, 1.54) is 0 Å². The predicted molar refractivity (Wildman–Crippen MR) is 113 cm³/mol. The fourth-order valence-corrected chi connectivity index (χ4v) is 2.87. The summed E-state index contributed by atoms with van der Waals surface area (Å²) in [5.74, 6) is -0.749. The lowest BCUT2D eigenvalue weighted by Gasteiger charge is -2.25. The number of methoxy groups -OCH3 is 1. The first-order chi connectivity index (χ1) is 12.5. The lowest BCUT2D eigenvalue weighted by molar-refractivity contribution is -0.140. The number of benzene rings is 1. The normalized spacial score (nSPS) is 11.2. The highest BCUT2D eigenvalue weighted by Crippen LogP contribution is 2.29. The number of carbonyl (C=O) groups is 2. The van der Waals surface area contributed by atoms with Gasteiger partial charge in [0.1, 0.15) is 11.8 Å². The monoisotopic (exact) mass is 381 g/mol. The first-order valence-electron chi connectivity index (χ1n) is 9.66. The van der Waals surface area contributed by atoms with E-state index in [2.05, 4.69) is 5.32 Å². The van der Waals surface area contributed by atoms with Crippen molar-refractivity contribution >= 4 is 11.9 Å². The highest BCUT2D eigenvalue weighted by Gasteiger charge is 2.28. The van der Waals surface area contributed by atoms with Crippen molar-refractivity contribution < 1.29 is 19.4 Å². The second kappa shape index (κ2) is 12.4. The van der Waals surface area contributed by atoms with Crippen molar-refractivity contribution in [3.63, 3.8) is 0 Å². The molecule has 0 heterocycles. The molecule has 1 rings (SSSR count). The molecule has 0 fully saturated rings. The summed E-state index contributed by atoms with van der Waals surface area (Å²) in [6.45, 7) is 19.4. The lowest BCUT2D eigenvalue weighted by Crippen LogP contribution is -2.43. The van der Waals surface area contributed by atoms with E-state index in [9.17, 15) is 14.7 Å². The minimum absolute atomic E-state index is 0.203. The molecule has 0 aliphatic rings.